The van der Waals surface area contributed by atoms with Gasteiger partial charge in [0, 0.05) is 55.9 Å². The zero-order chi connectivity index (χ0) is 21.3. The molecule has 9 nitrogen and oxygen atoms in total. The van der Waals surface area contributed by atoms with Crippen LogP contribution < -0.4 is 10.1 Å². The number of aliphatic imine (C=N–C) groups is 1. The number of nitrogens with zero attached hydrogens (tertiary/aromatic N) is 4. The van der Waals surface area contributed by atoms with Crippen LogP contribution in [0.4, 0.5) is 10.5 Å². The highest BCUT2D eigenvalue weighted by molar-refractivity contribution is 6.04. The van der Waals surface area contributed by atoms with Crippen molar-refractivity contribution in [2.75, 3.05) is 20.2 Å². The number of carboxylic acids is 1. The van der Waals surface area contributed by atoms with Crippen molar-refractivity contribution < 1.29 is 19.4 Å². The number of nitrogens with one attached hydrogen (secondary N) is 1. The van der Waals surface area contributed by atoms with Crippen molar-refractivity contribution in [3.63, 3.8) is 0 Å². The Morgan fingerprint density at radius 1 is 1.37 bits per heavy atom. The maximum atomic E-state index is 12.8. The van der Waals surface area contributed by atoms with E-state index in [-0.39, 0.29) is 18.4 Å². The fourth-order valence-corrected chi connectivity index (χ4v) is 4.18. The summed E-state index contributed by atoms with van der Waals surface area (Å²) in [7, 11) is 3.48. The molecule has 0 spiro atoms. The third kappa shape index (κ3) is 4.00. The summed E-state index contributed by atoms with van der Waals surface area (Å²) in [6, 6.07) is 3.62. The van der Waals surface area contributed by atoms with E-state index in [9.17, 15) is 9.59 Å². The van der Waals surface area contributed by atoms with Crippen molar-refractivity contribution in [3.8, 4) is 16.9 Å². The van der Waals surface area contributed by atoms with Crippen LogP contribution in [0.25, 0.3) is 11.1 Å². The van der Waals surface area contributed by atoms with Crippen LogP contribution in [0.5, 0.6) is 5.75 Å². The summed E-state index contributed by atoms with van der Waals surface area (Å²) in [5.74, 6) is 0.449. The van der Waals surface area contributed by atoms with Gasteiger partial charge >= 0.3 is 12.0 Å². The van der Waals surface area contributed by atoms with E-state index in [0.29, 0.717) is 25.3 Å². The van der Waals surface area contributed by atoms with Gasteiger partial charge in [0.2, 0.25) is 0 Å². The van der Waals surface area contributed by atoms with Crippen molar-refractivity contribution in [2.24, 2.45) is 18.0 Å². The summed E-state index contributed by atoms with van der Waals surface area (Å²) in [6.45, 7) is 1.06. The number of urea groups is 1. The first-order valence-electron chi connectivity index (χ1n) is 9.98. The van der Waals surface area contributed by atoms with E-state index < -0.39 is 5.97 Å². The van der Waals surface area contributed by atoms with Crippen LogP contribution in [0.1, 0.15) is 24.8 Å². The molecular weight excluding hydrogens is 386 g/mol. The van der Waals surface area contributed by atoms with Gasteiger partial charge in [0.05, 0.1) is 19.0 Å². The van der Waals surface area contributed by atoms with Gasteiger partial charge in [-0.05, 0) is 30.9 Å². The molecule has 2 amide bonds. The number of methoxy groups -OCH3 is 1. The molecule has 3 heterocycles. The topological polar surface area (TPSA) is 109 Å². The second-order valence-corrected chi connectivity index (χ2v) is 7.76. The molecule has 1 atom stereocenters. The quantitative estimate of drug-likeness (QED) is 0.804. The molecule has 1 aromatic carbocycles. The molecule has 2 N–H and O–H groups in total. The molecule has 0 bridgehead atoms. The fraction of sp³-hybridized carbons (Fsp3) is 0.429. The van der Waals surface area contributed by atoms with E-state index in [2.05, 4.69) is 10.4 Å². The molecule has 0 saturated carbocycles. The molecule has 2 aliphatic rings. The second kappa shape index (κ2) is 8.17. The summed E-state index contributed by atoms with van der Waals surface area (Å²) in [5.41, 5.74) is 3.58. The van der Waals surface area contributed by atoms with Crippen LogP contribution in [0.15, 0.2) is 29.5 Å². The molecule has 1 unspecified atom stereocenters. The van der Waals surface area contributed by atoms with Gasteiger partial charge in [-0.15, -0.1) is 0 Å². The molecule has 1 aromatic heterocycles. The Bertz CT molecular complexity index is 1010. The lowest BCUT2D eigenvalue weighted by Crippen LogP contribution is -2.47. The fourth-order valence-electron chi connectivity index (χ4n) is 4.18. The number of amidine groups is 1. The van der Waals surface area contributed by atoms with Crippen LogP contribution in [-0.2, 0) is 18.3 Å². The summed E-state index contributed by atoms with van der Waals surface area (Å²) in [4.78, 5) is 30.2. The number of fused-ring (bicyclic) bond motifs is 1. The summed E-state index contributed by atoms with van der Waals surface area (Å²) < 4.78 is 7.23. The molecule has 30 heavy (non-hydrogen) atoms. The van der Waals surface area contributed by atoms with Gasteiger partial charge in [-0.25, -0.2) is 9.79 Å². The van der Waals surface area contributed by atoms with Crippen LogP contribution in [0.3, 0.4) is 0 Å². The Kier molecular flexibility index (Phi) is 5.43. The lowest BCUT2D eigenvalue weighted by molar-refractivity contribution is -0.138. The lowest BCUT2D eigenvalue weighted by Gasteiger charge is -2.32. The highest BCUT2D eigenvalue weighted by atomic mass is 16.5. The first-order valence-corrected chi connectivity index (χ1v) is 9.98. The molecule has 1 saturated heterocycles. The molecule has 0 radical (unpaired) electrons. The minimum absolute atomic E-state index is 0.0120. The Labute approximate surface area is 174 Å². The molecule has 9 heteroatoms. The van der Waals surface area contributed by atoms with Gasteiger partial charge in [0.15, 0.2) is 0 Å². The predicted molar refractivity (Wildman–Crippen MR) is 111 cm³/mol. The van der Waals surface area contributed by atoms with Gasteiger partial charge < -0.3 is 14.7 Å². The number of amides is 2. The maximum absolute atomic E-state index is 12.8. The zero-order valence-corrected chi connectivity index (χ0v) is 17.1. The third-order valence-corrected chi connectivity index (χ3v) is 5.59. The van der Waals surface area contributed by atoms with E-state index in [1.54, 1.807) is 22.9 Å². The van der Waals surface area contributed by atoms with Gasteiger partial charge in [0.1, 0.15) is 11.6 Å². The first-order chi connectivity index (χ1) is 14.4. The van der Waals surface area contributed by atoms with Crippen molar-refractivity contribution in [2.45, 2.75) is 25.7 Å². The number of aryl methyl sites for hydroxylation is 1. The average molecular weight is 411 g/mol. The molecule has 4 rings (SSSR count). The monoisotopic (exact) mass is 411 g/mol. The summed E-state index contributed by atoms with van der Waals surface area (Å²) in [5, 5.41) is 16.2. The number of aliphatic carboxylic acids is 1. The SMILES string of the molecule is COc1ccc(-c2cnn(C)c2)c2c1CC(NC(=O)N1CCCC(CC(=O)O)C1)=N2. The van der Waals surface area contributed by atoms with E-state index in [1.165, 1.54) is 0 Å². The Hall–Kier alpha value is -3.36. The van der Waals surface area contributed by atoms with Crippen LogP contribution >= 0.6 is 0 Å². The Morgan fingerprint density at radius 2 is 2.20 bits per heavy atom. The number of aromatic nitrogens is 2. The van der Waals surface area contributed by atoms with Crippen LogP contribution in [0.2, 0.25) is 0 Å². The minimum Gasteiger partial charge on any atom is -0.496 e. The second-order valence-electron chi connectivity index (χ2n) is 7.76. The van der Waals surface area contributed by atoms with Gasteiger partial charge in [-0.2, -0.15) is 5.10 Å². The minimum atomic E-state index is -0.826. The van der Waals surface area contributed by atoms with Crippen molar-refractivity contribution in [1.82, 2.24) is 20.0 Å². The molecule has 0 aliphatic carbocycles. The molecule has 2 aliphatic heterocycles. The number of benzene rings is 1. The number of likely N-dealkylation sites (tertiary alicyclic amines) is 1. The van der Waals surface area contributed by atoms with Crippen molar-refractivity contribution in [3.05, 3.63) is 30.1 Å². The highest BCUT2D eigenvalue weighted by Gasteiger charge is 2.28. The zero-order valence-electron chi connectivity index (χ0n) is 17.1. The largest absolute Gasteiger partial charge is 0.496 e. The van der Waals surface area contributed by atoms with E-state index in [4.69, 9.17) is 14.8 Å². The van der Waals surface area contributed by atoms with Crippen LogP contribution in [0, 0.1) is 5.92 Å². The Balaban J connectivity index is 1.52. The number of rotatable bonds is 4. The molecule has 158 valence electrons. The predicted octanol–water partition coefficient (Wildman–Crippen LogP) is 2.58. The van der Waals surface area contributed by atoms with Crippen molar-refractivity contribution in [1.29, 1.82) is 0 Å². The Morgan fingerprint density at radius 3 is 2.90 bits per heavy atom. The third-order valence-electron chi connectivity index (χ3n) is 5.59. The maximum Gasteiger partial charge on any atom is 0.322 e. The normalized spacial score (nSPS) is 18.0. The van der Waals surface area contributed by atoms with E-state index in [0.717, 1.165) is 41.0 Å². The van der Waals surface area contributed by atoms with Crippen molar-refractivity contribution >= 4 is 23.5 Å². The lowest BCUT2D eigenvalue weighted by atomic mass is 9.95. The van der Waals surface area contributed by atoms with Gasteiger partial charge in [-0.1, -0.05) is 0 Å². The number of ether oxygens (including phenoxy) is 1. The first kappa shape index (κ1) is 19.9. The standard InChI is InChI=1S/C21H25N5O4/c1-25-12-14(10-22-25)15-5-6-17(30-2)16-9-18(23-20(15)16)24-21(29)26-7-3-4-13(11-26)8-19(27)28/h5-6,10,12-13H,3-4,7-9,11H2,1-2H3,(H,27,28)(H,23,24,29). The summed E-state index contributed by atoms with van der Waals surface area (Å²) >= 11 is 0. The molecule has 2 aromatic rings. The van der Waals surface area contributed by atoms with Crippen LogP contribution in [-0.4, -0.2) is 57.8 Å². The number of carboxylic acid groups (broad SMARTS) is 1. The number of carbonyl (C=O) groups excluding carboxylic acids is 1. The van der Waals surface area contributed by atoms with Gasteiger partial charge in [-0.3, -0.25) is 14.8 Å². The number of hydrogen-bond acceptors (Lipinski definition) is 5. The number of carbonyl (C=O) groups is 2. The van der Waals surface area contributed by atoms with E-state index >= 15 is 0 Å². The summed E-state index contributed by atoms with van der Waals surface area (Å²) in [6.07, 6.45) is 5.88. The molecular formula is C21H25N5O4. The number of hydrogen-bond donors (Lipinski definition) is 2. The van der Waals surface area contributed by atoms with Gasteiger partial charge in [0.25, 0.3) is 0 Å². The average Bonchev–Trinajstić information content (AvgIpc) is 3.33. The molecule has 1 fully saturated rings. The van der Waals surface area contributed by atoms with E-state index in [1.807, 2.05) is 25.4 Å². The highest BCUT2D eigenvalue weighted by Crippen LogP contribution is 2.42. The smallest absolute Gasteiger partial charge is 0.322 e. The number of piperidine rings is 1.